The Hall–Kier alpha value is -1.56. The molecule has 6 heteroatoms. The van der Waals surface area contributed by atoms with Crippen LogP contribution in [0.15, 0.2) is 33.7 Å². The maximum Gasteiger partial charge on any atom is 0.269 e. The van der Waals surface area contributed by atoms with E-state index in [0.29, 0.717) is 11.9 Å². The summed E-state index contributed by atoms with van der Waals surface area (Å²) in [6.07, 6.45) is 0. The smallest absolute Gasteiger partial charge is 0.219 e. The largest absolute Gasteiger partial charge is 0.269 e. The highest BCUT2D eigenvalue weighted by Crippen LogP contribution is 2.36. The minimum Gasteiger partial charge on any atom is -0.219 e. The molecular weight excluding hydrogens is 318 g/mol. The SMILES string of the molecule is CC(C)C1=Nc2nnnn2C(c2ccc(Br)cc2)C1C. The Labute approximate surface area is 126 Å². The molecule has 3 rings (SSSR count). The Bertz CT molecular complexity index is 644. The van der Waals surface area contributed by atoms with Crippen LogP contribution in [-0.2, 0) is 0 Å². The van der Waals surface area contributed by atoms with Gasteiger partial charge in [-0.3, -0.25) is 0 Å². The van der Waals surface area contributed by atoms with Gasteiger partial charge < -0.3 is 0 Å². The van der Waals surface area contributed by atoms with Crippen molar-refractivity contribution in [2.75, 3.05) is 0 Å². The minimum absolute atomic E-state index is 0.1000. The van der Waals surface area contributed by atoms with Gasteiger partial charge in [0.15, 0.2) is 0 Å². The van der Waals surface area contributed by atoms with E-state index >= 15 is 0 Å². The van der Waals surface area contributed by atoms with E-state index in [-0.39, 0.29) is 12.0 Å². The Kier molecular flexibility index (Phi) is 3.41. The summed E-state index contributed by atoms with van der Waals surface area (Å²) in [5, 5.41) is 11.9. The highest BCUT2D eigenvalue weighted by molar-refractivity contribution is 9.10. The molecule has 2 heterocycles. The van der Waals surface area contributed by atoms with Gasteiger partial charge >= 0.3 is 0 Å². The number of rotatable bonds is 2. The molecule has 0 N–H and O–H groups in total. The van der Waals surface area contributed by atoms with E-state index in [1.165, 1.54) is 5.56 Å². The average Bonchev–Trinajstić information content (AvgIpc) is 2.87. The maximum atomic E-state index is 4.61. The summed E-state index contributed by atoms with van der Waals surface area (Å²) in [7, 11) is 0. The number of nitrogens with zero attached hydrogens (tertiary/aromatic N) is 5. The number of tetrazole rings is 1. The third-order valence-electron chi connectivity index (χ3n) is 3.71. The second kappa shape index (κ2) is 5.09. The number of fused-ring (bicyclic) bond motifs is 1. The highest BCUT2D eigenvalue weighted by atomic mass is 79.9. The van der Waals surface area contributed by atoms with Crippen molar-refractivity contribution >= 4 is 27.6 Å². The summed E-state index contributed by atoms with van der Waals surface area (Å²) in [5.74, 6) is 1.25. The highest BCUT2D eigenvalue weighted by Gasteiger charge is 2.33. The number of hydrogen-bond acceptors (Lipinski definition) is 4. The molecule has 5 nitrogen and oxygen atoms in total. The molecule has 0 radical (unpaired) electrons. The Morgan fingerprint density at radius 3 is 2.55 bits per heavy atom. The first-order valence-corrected chi connectivity index (χ1v) is 7.49. The molecule has 1 aromatic heterocycles. The van der Waals surface area contributed by atoms with E-state index in [9.17, 15) is 0 Å². The topological polar surface area (TPSA) is 56.0 Å². The Balaban J connectivity index is 2.11. The zero-order valence-corrected chi connectivity index (χ0v) is 13.2. The Morgan fingerprint density at radius 1 is 1.20 bits per heavy atom. The van der Waals surface area contributed by atoms with Crippen molar-refractivity contribution in [1.82, 2.24) is 20.2 Å². The summed E-state index contributed by atoms with van der Waals surface area (Å²) < 4.78 is 2.89. The molecule has 0 saturated carbocycles. The Morgan fingerprint density at radius 2 is 1.90 bits per heavy atom. The molecule has 104 valence electrons. The van der Waals surface area contributed by atoms with Crippen molar-refractivity contribution < 1.29 is 0 Å². The summed E-state index contributed by atoms with van der Waals surface area (Å²) in [5.41, 5.74) is 2.35. The van der Waals surface area contributed by atoms with Crippen molar-refractivity contribution in [2.45, 2.75) is 26.8 Å². The van der Waals surface area contributed by atoms with Gasteiger partial charge in [0, 0.05) is 16.1 Å². The van der Waals surface area contributed by atoms with Crippen LogP contribution in [0.5, 0.6) is 0 Å². The van der Waals surface area contributed by atoms with Gasteiger partial charge in [0.05, 0.1) is 6.04 Å². The molecule has 1 aromatic carbocycles. The second-order valence-corrected chi connectivity index (χ2v) is 6.32. The summed E-state index contributed by atoms with van der Waals surface area (Å²) in [6, 6.07) is 8.42. The van der Waals surface area contributed by atoms with E-state index in [4.69, 9.17) is 0 Å². The van der Waals surface area contributed by atoms with Crippen molar-refractivity contribution in [3.05, 3.63) is 34.3 Å². The van der Waals surface area contributed by atoms with Gasteiger partial charge in [-0.25, -0.2) is 9.67 Å². The number of benzene rings is 1. The van der Waals surface area contributed by atoms with E-state index in [2.05, 4.69) is 69.4 Å². The zero-order chi connectivity index (χ0) is 14.3. The number of aliphatic imine (C=N–C) groups is 1. The predicted molar refractivity (Wildman–Crippen MR) is 81.2 cm³/mol. The monoisotopic (exact) mass is 333 g/mol. The maximum absolute atomic E-state index is 4.61. The van der Waals surface area contributed by atoms with E-state index in [1.54, 1.807) is 0 Å². The van der Waals surface area contributed by atoms with Gasteiger partial charge in [-0.15, -0.1) is 0 Å². The van der Waals surface area contributed by atoms with Crippen molar-refractivity contribution in [2.24, 2.45) is 16.8 Å². The molecular formula is C14H16BrN5. The number of aromatic nitrogens is 4. The zero-order valence-electron chi connectivity index (χ0n) is 11.7. The van der Waals surface area contributed by atoms with Crippen LogP contribution in [0.1, 0.15) is 32.4 Å². The van der Waals surface area contributed by atoms with E-state index < -0.39 is 0 Å². The molecule has 0 saturated heterocycles. The summed E-state index contributed by atoms with van der Waals surface area (Å²) in [4.78, 5) is 4.61. The minimum atomic E-state index is 0.1000. The lowest BCUT2D eigenvalue weighted by Gasteiger charge is -2.31. The van der Waals surface area contributed by atoms with E-state index in [1.807, 2.05) is 16.8 Å². The average molecular weight is 334 g/mol. The summed E-state index contributed by atoms with van der Waals surface area (Å²) in [6.45, 7) is 6.51. The molecule has 2 aromatic rings. The molecule has 20 heavy (non-hydrogen) atoms. The molecule has 0 amide bonds. The van der Waals surface area contributed by atoms with Crippen molar-refractivity contribution in [3.8, 4) is 0 Å². The van der Waals surface area contributed by atoms with Gasteiger partial charge in [-0.1, -0.05) is 53.9 Å². The molecule has 2 atom stereocenters. The first-order valence-electron chi connectivity index (χ1n) is 6.69. The van der Waals surface area contributed by atoms with Gasteiger partial charge in [-0.05, 0) is 34.0 Å². The van der Waals surface area contributed by atoms with Gasteiger partial charge in [0.1, 0.15) is 0 Å². The van der Waals surface area contributed by atoms with E-state index in [0.717, 1.165) is 10.2 Å². The molecule has 0 bridgehead atoms. The fourth-order valence-electron chi connectivity index (χ4n) is 2.78. The second-order valence-electron chi connectivity index (χ2n) is 5.40. The third kappa shape index (κ3) is 2.18. The van der Waals surface area contributed by atoms with Crippen LogP contribution < -0.4 is 0 Å². The van der Waals surface area contributed by atoms with Crippen LogP contribution in [0.2, 0.25) is 0 Å². The number of hydrogen-bond donors (Lipinski definition) is 0. The normalized spacial score (nSPS) is 21.8. The lowest BCUT2D eigenvalue weighted by Crippen LogP contribution is -2.32. The molecule has 0 fully saturated rings. The predicted octanol–water partition coefficient (Wildman–Crippen LogP) is 3.40. The third-order valence-corrected chi connectivity index (χ3v) is 4.24. The fraction of sp³-hybridized carbons (Fsp3) is 0.429. The van der Waals surface area contributed by atoms with Crippen LogP contribution in [0.4, 0.5) is 5.95 Å². The van der Waals surface area contributed by atoms with Gasteiger partial charge in [0.25, 0.3) is 5.95 Å². The van der Waals surface area contributed by atoms with Crippen LogP contribution in [0, 0.1) is 11.8 Å². The molecule has 2 unspecified atom stereocenters. The fourth-order valence-corrected chi connectivity index (χ4v) is 3.04. The van der Waals surface area contributed by atoms with Crippen molar-refractivity contribution in [1.29, 1.82) is 0 Å². The quantitative estimate of drug-likeness (QED) is 0.846. The van der Waals surface area contributed by atoms with Crippen LogP contribution in [0.25, 0.3) is 0 Å². The lowest BCUT2D eigenvalue weighted by molar-refractivity contribution is 0.424. The molecule has 1 aliphatic rings. The molecule has 0 spiro atoms. The first kappa shape index (κ1) is 13.4. The summed E-state index contributed by atoms with van der Waals surface area (Å²) >= 11 is 3.47. The van der Waals surface area contributed by atoms with Crippen molar-refractivity contribution in [3.63, 3.8) is 0 Å². The van der Waals surface area contributed by atoms with Crippen LogP contribution in [-0.4, -0.2) is 25.9 Å². The van der Waals surface area contributed by atoms with Crippen LogP contribution >= 0.6 is 15.9 Å². The molecule has 0 aliphatic carbocycles. The first-order chi connectivity index (χ1) is 9.58. The standard InChI is InChI=1S/C14H16BrN5/c1-8(2)12-9(3)13(10-4-6-11(15)7-5-10)20-14(16-12)17-18-19-20/h4-9,13H,1-3H3. The van der Waals surface area contributed by atoms with Crippen LogP contribution in [0.3, 0.4) is 0 Å². The lowest BCUT2D eigenvalue weighted by atomic mass is 9.85. The number of halogens is 1. The van der Waals surface area contributed by atoms with Gasteiger partial charge in [-0.2, -0.15) is 0 Å². The van der Waals surface area contributed by atoms with Gasteiger partial charge in [0.2, 0.25) is 0 Å². The molecule has 1 aliphatic heterocycles.